The Kier molecular flexibility index (Phi) is 2.77. The zero-order valence-corrected chi connectivity index (χ0v) is 6.76. The van der Waals surface area contributed by atoms with E-state index in [9.17, 15) is 18.0 Å². The van der Waals surface area contributed by atoms with Crippen molar-refractivity contribution in [2.75, 3.05) is 26.2 Å². The molecule has 0 bridgehead atoms. The van der Waals surface area contributed by atoms with Gasteiger partial charge in [0.2, 0.25) is 0 Å². The summed E-state index contributed by atoms with van der Waals surface area (Å²) in [7, 11) is 0. The van der Waals surface area contributed by atoms with Crippen molar-refractivity contribution in [3.63, 3.8) is 0 Å². The molecule has 13 heavy (non-hydrogen) atoms. The molecule has 1 heterocycles. The van der Waals surface area contributed by atoms with Gasteiger partial charge in [-0.05, 0) is 13.1 Å². The van der Waals surface area contributed by atoms with Gasteiger partial charge in [-0.3, -0.25) is 4.79 Å². The lowest BCUT2D eigenvalue weighted by atomic mass is 10.3. The number of piperazine rings is 1. The SMILES string of the molecule is [NH-]N1CCN(C(=O)C(F)(F)F)CC1. The molecule has 1 saturated heterocycles. The zero-order chi connectivity index (χ0) is 10.1. The summed E-state index contributed by atoms with van der Waals surface area (Å²) in [6.07, 6.45) is -4.79. The third-order valence-corrected chi connectivity index (χ3v) is 1.81. The van der Waals surface area contributed by atoms with Crippen LogP contribution in [0, 0.1) is 0 Å². The number of carbonyl (C=O) groups excluding carboxylic acids is 1. The Labute approximate surface area is 73.0 Å². The first-order chi connectivity index (χ1) is 5.91. The molecular formula is C6H9F3N3O-. The van der Waals surface area contributed by atoms with Crippen LogP contribution in [0.5, 0.6) is 0 Å². The van der Waals surface area contributed by atoms with Crippen LogP contribution in [-0.4, -0.2) is 48.2 Å². The number of halogens is 3. The van der Waals surface area contributed by atoms with Gasteiger partial charge in [-0.25, -0.2) is 0 Å². The minimum absolute atomic E-state index is 0.0259. The summed E-state index contributed by atoms with van der Waals surface area (Å²) in [6.45, 7) is 0.285. The van der Waals surface area contributed by atoms with E-state index >= 15 is 0 Å². The number of hydrogen-bond donors (Lipinski definition) is 0. The zero-order valence-electron chi connectivity index (χ0n) is 6.76. The molecule has 7 heteroatoms. The molecule has 0 spiro atoms. The van der Waals surface area contributed by atoms with Gasteiger partial charge in [-0.15, -0.1) is 0 Å². The van der Waals surface area contributed by atoms with Gasteiger partial charge in [0.05, 0.1) is 0 Å². The molecule has 0 aromatic rings. The van der Waals surface area contributed by atoms with Crippen LogP contribution in [0.2, 0.25) is 0 Å². The Morgan fingerprint density at radius 3 is 2.00 bits per heavy atom. The third-order valence-electron chi connectivity index (χ3n) is 1.81. The second-order valence-electron chi connectivity index (χ2n) is 2.78. The van der Waals surface area contributed by atoms with E-state index in [2.05, 4.69) is 0 Å². The number of amides is 1. The summed E-state index contributed by atoms with van der Waals surface area (Å²) < 4.78 is 35.6. The molecular weight excluding hydrogens is 187 g/mol. The second kappa shape index (κ2) is 3.51. The van der Waals surface area contributed by atoms with Gasteiger partial charge in [0.1, 0.15) is 0 Å². The Bertz CT molecular complexity index is 198. The number of alkyl halides is 3. The van der Waals surface area contributed by atoms with Crippen molar-refractivity contribution in [1.29, 1.82) is 0 Å². The van der Waals surface area contributed by atoms with Gasteiger partial charge < -0.3 is 15.8 Å². The molecule has 1 N–H and O–H groups in total. The number of carbonyl (C=O) groups is 1. The summed E-state index contributed by atoms with van der Waals surface area (Å²) in [5.41, 5.74) is 0. The van der Waals surface area contributed by atoms with Crippen LogP contribution in [0.25, 0.3) is 5.84 Å². The lowest BCUT2D eigenvalue weighted by molar-refractivity contribution is -0.186. The van der Waals surface area contributed by atoms with Gasteiger partial charge >= 0.3 is 12.1 Å². The summed E-state index contributed by atoms with van der Waals surface area (Å²) >= 11 is 0. The van der Waals surface area contributed by atoms with Crippen LogP contribution in [0.15, 0.2) is 0 Å². The van der Waals surface area contributed by atoms with Crippen molar-refractivity contribution in [3.8, 4) is 0 Å². The minimum atomic E-state index is -4.79. The van der Waals surface area contributed by atoms with E-state index in [1.165, 1.54) is 0 Å². The third kappa shape index (κ3) is 2.56. The average molecular weight is 196 g/mol. The largest absolute Gasteiger partial charge is 0.610 e. The lowest BCUT2D eigenvalue weighted by Crippen LogP contribution is -2.50. The van der Waals surface area contributed by atoms with Crippen LogP contribution in [0.1, 0.15) is 0 Å². The topological polar surface area (TPSA) is 47.4 Å². The highest BCUT2D eigenvalue weighted by molar-refractivity contribution is 5.81. The van der Waals surface area contributed by atoms with Crippen LogP contribution >= 0.6 is 0 Å². The van der Waals surface area contributed by atoms with E-state index < -0.39 is 12.1 Å². The summed E-state index contributed by atoms with van der Waals surface area (Å²) in [5, 5.41) is 1.14. The van der Waals surface area contributed by atoms with Crippen molar-refractivity contribution in [2.45, 2.75) is 6.18 Å². The standard InChI is InChI=1S/C6H9F3N3O/c7-6(8,9)5(13)11-1-3-12(10)4-2-11/h10H,1-4H2/q-1. The van der Waals surface area contributed by atoms with Gasteiger partial charge in [0, 0.05) is 13.1 Å². The van der Waals surface area contributed by atoms with Crippen molar-refractivity contribution in [3.05, 3.63) is 5.84 Å². The number of hydrogen-bond acceptors (Lipinski definition) is 2. The maximum absolute atomic E-state index is 11.9. The molecule has 0 aromatic heterocycles. The molecule has 0 aromatic carbocycles. The summed E-state index contributed by atoms with van der Waals surface area (Å²) in [4.78, 5) is 11.4. The minimum Gasteiger partial charge on any atom is -0.610 e. The molecule has 1 aliphatic heterocycles. The maximum atomic E-state index is 11.9. The molecule has 76 valence electrons. The Morgan fingerprint density at radius 1 is 1.15 bits per heavy atom. The Hall–Kier alpha value is -0.820. The van der Waals surface area contributed by atoms with Crippen LogP contribution < -0.4 is 0 Å². The number of nitrogens with zero attached hydrogens (tertiary/aromatic N) is 2. The molecule has 1 fully saturated rings. The van der Waals surface area contributed by atoms with Crippen LogP contribution in [0.3, 0.4) is 0 Å². The highest BCUT2D eigenvalue weighted by Crippen LogP contribution is 2.19. The average Bonchev–Trinajstić information content (AvgIpc) is 2.03. The van der Waals surface area contributed by atoms with Gasteiger partial charge in [-0.1, -0.05) is 0 Å². The normalized spacial score (nSPS) is 20.5. The van der Waals surface area contributed by atoms with E-state index in [-0.39, 0.29) is 26.2 Å². The van der Waals surface area contributed by atoms with Crippen molar-refractivity contribution in [2.24, 2.45) is 0 Å². The smallest absolute Gasteiger partial charge is 0.471 e. The van der Waals surface area contributed by atoms with Crippen molar-refractivity contribution in [1.82, 2.24) is 9.91 Å². The summed E-state index contributed by atoms with van der Waals surface area (Å²) in [6, 6.07) is 0. The van der Waals surface area contributed by atoms with E-state index in [1.54, 1.807) is 0 Å². The van der Waals surface area contributed by atoms with Crippen molar-refractivity contribution < 1.29 is 18.0 Å². The van der Waals surface area contributed by atoms with E-state index in [4.69, 9.17) is 5.84 Å². The molecule has 1 rings (SSSR count). The molecule has 0 unspecified atom stereocenters. The number of rotatable bonds is 0. The fraction of sp³-hybridized carbons (Fsp3) is 0.833. The van der Waals surface area contributed by atoms with Gasteiger partial charge in [0.15, 0.2) is 0 Å². The van der Waals surface area contributed by atoms with Crippen LogP contribution in [0.4, 0.5) is 13.2 Å². The predicted molar refractivity (Wildman–Crippen MR) is 38.5 cm³/mol. The second-order valence-corrected chi connectivity index (χ2v) is 2.78. The molecule has 0 atom stereocenters. The molecule has 0 saturated carbocycles. The van der Waals surface area contributed by atoms with Gasteiger partial charge in [-0.2, -0.15) is 13.2 Å². The predicted octanol–water partition coefficient (Wildman–Crippen LogP) is 0.660. The van der Waals surface area contributed by atoms with E-state index in [1.807, 2.05) is 0 Å². The Morgan fingerprint density at radius 2 is 1.62 bits per heavy atom. The number of nitrogens with one attached hydrogen (secondary N) is 1. The first kappa shape index (κ1) is 10.3. The monoisotopic (exact) mass is 196 g/mol. The van der Waals surface area contributed by atoms with E-state index in [0.29, 0.717) is 0 Å². The highest BCUT2D eigenvalue weighted by Gasteiger charge is 2.42. The first-order valence-electron chi connectivity index (χ1n) is 3.73. The van der Waals surface area contributed by atoms with E-state index in [0.717, 1.165) is 9.91 Å². The summed E-state index contributed by atoms with van der Waals surface area (Å²) in [5.74, 6) is 5.27. The fourth-order valence-electron chi connectivity index (χ4n) is 1.09. The molecule has 4 nitrogen and oxygen atoms in total. The Balaban J connectivity index is 2.50. The van der Waals surface area contributed by atoms with Crippen LogP contribution in [-0.2, 0) is 4.79 Å². The molecule has 0 aliphatic carbocycles. The highest BCUT2D eigenvalue weighted by atomic mass is 19.4. The molecule has 1 amide bonds. The first-order valence-corrected chi connectivity index (χ1v) is 3.73. The van der Waals surface area contributed by atoms with Gasteiger partial charge in [0.25, 0.3) is 0 Å². The fourth-order valence-corrected chi connectivity index (χ4v) is 1.09. The lowest BCUT2D eigenvalue weighted by Gasteiger charge is -2.37. The van der Waals surface area contributed by atoms with Crippen molar-refractivity contribution >= 4 is 5.91 Å². The quantitative estimate of drug-likeness (QED) is 0.571. The maximum Gasteiger partial charge on any atom is 0.471 e. The molecule has 1 aliphatic rings. The molecule has 0 radical (unpaired) electrons.